The number of aromatic nitrogens is 4. The number of nitrogens with one attached hydrogen (secondary N) is 1. The molecule has 41 heavy (non-hydrogen) atoms. The molecule has 214 valence electrons. The Morgan fingerprint density at radius 1 is 1.39 bits per heavy atom. The number of carbonyl (C=O) groups is 4. The van der Waals surface area contributed by atoms with Crippen LogP contribution >= 0.6 is 34.7 Å². The number of carboxylic acids is 2. The fraction of sp³-hybridized carbons (Fsp3) is 0.304. The number of hydrogen-bond donors (Lipinski definition) is 4. The number of aliphatic carboxylic acids is 2. The van der Waals surface area contributed by atoms with E-state index < -0.39 is 47.0 Å². The van der Waals surface area contributed by atoms with E-state index >= 15 is 0 Å². The summed E-state index contributed by atoms with van der Waals surface area (Å²) in [6, 6.07) is 2.61. The van der Waals surface area contributed by atoms with Crippen LogP contribution in [0.5, 0.6) is 0 Å². The largest absolute Gasteiger partial charge is 0.478 e. The van der Waals surface area contributed by atoms with Crippen molar-refractivity contribution < 1.29 is 38.8 Å². The highest BCUT2D eigenvalue weighted by atomic mass is 35.5. The van der Waals surface area contributed by atoms with Gasteiger partial charge < -0.3 is 26.1 Å². The monoisotopic (exact) mass is 621 g/mol. The van der Waals surface area contributed by atoms with Crippen LogP contribution in [-0.4, -0.2) is 82.6 Å². The summed E-state index contributed by atoms with van der Waals surface area (Å²) >= 11 is 8.30. The standard InChI is InChI=1S/C23H21ClN8O7S2/c1-9(21(35)36)39-29-14(13-17(24)41-23(25)28-13)18(33)27-15-19(34)32-16(22(37)38)10(8-40-20(15)32)7-31-5-3-4-11-12(31)6-26-30(11)2/h3-6,9,15,20H,7-8H2,1-2H3,(H4-,25,27,28,33,35,36,37,38)/p+1/b29-14-/t9-,15?,20?/m0/s1. The third-order valence-corrected chi connectivity index (χ3v) is 8.81. The van der Waals surface area contributed by atoms with Gasteiger partial charge in [-0.05, 0) is 13.0 Å². The van der Waals surface area contributed by atoms with E-state index in [9.17, 15) is 24.3 Å². The van der Waals surface area contributed by atoms with Crippen LogP contribution in [0.25, 0.3) is 11.0 Å². The molecule has 2 amide bonds. The van der Waals surface area contributed by atoms with E-state index in [1.54, 1.807) is 24.1 Å². The van der Waals surface area contributed by atoms with E-state index in [1.807, 2.05) is 16.7 Å². The molecule has 3 aromatic heterocycles. The number of amides is 2. The van der Waals surface area contributed by atoms with Gasteiger partial charge in [-0.2, -0.15) is 9.67 Å². The molecule has 0 aromatic carbocycles. The van der Waals surface area contributed by atoms with Crippen LogP contribution in [-0.2, 0) is 37.6 Å². The van der Waals surface area contributed by atoms with Crippen molar-refractivity contribution in [3.05, 3.63) is 45.8 Å². The maximum Gasteiger partial charge on any atom is 0.352 e. The van der Waals surface area contributed by atoms with Crippen molar-refractivity contribution in [2.24, 2.45) is 12.2 Å². The number of hydrogen-bond acceptors (Lipinski definition) is 11. The molecule has 18 heteroatoms. The van der Waals surface area contributed by atoms with Crippen LogP contribution in [0.1, 0.15) is 12.6 Å². The first kappa shape index (κ1) is 28.3. The quantitative estimate of drug-likeness (QED) is 0.110. The summed E-state index contributed by atoms with van der Waals surface area (Å²) in [7, 11) is 1.80. The fourth-order valence-corrected chi connectivity index (χ4v) is 6.62. The van der Waals surface area contributed by atoms with Gasteiger partial charge in [0.05, 0.1) is 0 Å². The van der Waals surface area contributed by atoms with Gasteiger partial charge in [0.15, 0.2) is 23.6 Å². The number of oxime groups is 1. The molecule has 0 aliphatic carbocycles. The van der Waals surface area contributed by atoms with Gasteiger partial charge >= 0.3 is 11.9 Å². The number of β-lactam (4-membered cyclic amide) rings is 1. The number of aryl methyl sites for hydroxylation is 1. The van der Waals surface area contributed by atoms with Crippen LogP contribution in [0.4, 0.5) is 5.13 Å². The van der Waals surface area contributed by atoms with E-state index in [2.05, 4.69) is 20.6 Å². The fourth-order valence-electron chi connectivity index (χ4n) is 4.36. The summed E-state index contributed by atoms with van der Waals surface area (Å²) in [6.07, 6.45) is 2.08. The number of carboxylic acid groups (broad SMARTS) is 2. The maximum absolute atomic E-state index is 13.2. The molecule has 0 bridgehead atoms. The van der Waals surface area contributed by atoms with E-state index in [-0.39, 0.29) is 33.2 Å². The van der Waals surface area contributed by atoms with Gasteiger partial charge in [-0.25, -0.2) is 14.6 Å². The molecule has 5 heterocycles. The maximum atomic E-state index is 13.2. The lowest BCUT2D eigenvalue weighted by atomic mass is 10.0. The number of halogens is 1. The lowest BCUT2D eigenvalue weighted by Gasteiger charge is -2.49. The lowest BCUT2D eigenvalue weighted by Crippen LogP contribution is -2.71. The van der Waals surface area contributed by atoms with Crippen molar-refractivity contribution in [3.8, 4) is 0 Å². The molecular formula is C23H22ClN8O7S2+. The second kappa shape index (κ2) is 11.0. The van der Waals surface area contributed by atoms with Gasteiger partial charge in [0.25, 0.3) is 17.3 Å². The molecule has 0 saturated carbocycles. The van der Waals surface area contributed by atoms with Gasteiger partial charge in [-0.3, -0.25) is 19.2 Å². The van der Waals surface area contributed by atoms with Crippen LogP contribution in [0.3, 0.4) is 0 Å². The van der Waals surface area contributed by atoms with Crippen molar-refractivity contribution in [1.29, 1.82) is 0 Å². The van der Waals surface area contributed by atoms with Crippen LogP contribution < -0.4 is 15.6 Å². The Balaban J connectivity index is 1.39. The average Bonchev–Trinajstić information content (AvgIpc) is 3.47. The molecule has 2 aliphatic heterocycles. The second-order valence-electron chi connectivity index (χ2n) is 8.99. The van der Waals surface area contributed by atoms with Crippen molar-refractivity contribution in [2.75, 3.05) is 11.5 Å². The van der Waals surface area contributed by atoms with Gasteiger partial charge in [-0.1, -0.05) is 28.1 Å². The van der Waals surface area contributed by atoms with Gasteiger partial charge in [0.1, 0.15) is 38.9 Å². The molecule has 1 fully saturated rings. The number of nitrogens with two attached hydrogens (primary N) is 1. The number of nitrogen functional groups attached to an aromatic ring is 1. The lowest BCUT2D eigenvalue weighted by molar-refractivity contribution is -0.663. The predicted octanol–water partition coefficient (Wildman–Crippen LogP) is 0.186. The minimum absolute atomic E-state index is 0.00143. The highest BCUT2D eigenvalue weighted by Crippen LogP contribution is 2.40. The number of nitrogens with zero attached hydrogens (tertiary/aromatic N) is 6. The second-order valence-corrected chi connectivity index (χ2v) is 11.7. The predicted molar refractivity (Wildman–Crippen MR) is 147 cm³/mol. The molecular weight excluding hydrogens is 600 g/mol. The molecule has 2 unspecified atom stereocenters. The summed E-state index contributed by atoms with van der Waals surface area (Å²) in [5.41, 5.74) is 7.06. The minimum Gasteiger partial charge on any atom is -0.478 e. The Bertz CT molecular complexity index is 1670. The van der Waals surface area contributed by atoms with E-state index in [4.69, 9.17) is 27.3 Å². The number of pyridine rings is 1. The SMILES string of the molecule is C[C@H](O/N=C(\C(=O)NC1C(=O)N2C(C(=O)O)=C(C[n+]3cccc4c3cnn4C)CSC12)c1nc(N)sc1Cl)C(=O)O. The number of thiazole rings is 1. The Hall–Kier alpha value is -4.22. The van der Waals surface area contributed by atoms with Crippen molar-refractivity contribution in [3.63, 3.8) is 0 Å². The zero-order valence-corrected chi connectivity index (χ0v) is 23.7. The third-order valence-electron chi connectivity index (χ3n) is 6.38. The van der Waals surface area contributed by atoms with Crippen molar-refractivity contribution in [2.45, 2.75) is 31.0 Å². The Morgan fingerprint density at radius 2 is 2.15 bits per heavy atom. The Kier molecular flexibility index (Phi) is 7.58. The molecule has 15 nitrogen and oxygen atoms in total. The zero-order chi connectivity index (χ0) is 29.6. The smallest absolute Gasteiger partial charge is 0.352 e. The highest BCUT2D eigenvalue weighted by molar-refractivity contribution is 8.00. The first-order chi connectivity index (χ1) is 19.5. The van der Waals surface area contributed by atoms with Gasteiger partial charge in [-0.15, -0.1) is 11.8 Å². The minimum atomic E-state index is -1.40. The number of thioether (sulfide) groups is 1. The molecule has 1 saturated heterocycles. The van der Waals surface area contributed by atoms with E-state index in [1.165, 1.54) is 18.7 Å². The van der Waals surface area contributed by atoms with Crippen molar-refractivity contribution >= 4 is 80.3 Å². The number of anilines is 1. The number of carbonyl (C=O) groups excluding carboxylic acids is 2. The summed E-state index contributed by atoms with van der Waals surface area (Å²) < 4.78 is 3.56. The summed E-state index contributed by atoms with van der Waals surface area (Å²) in [5, 5.41) is 28.9. The van der Waals surface area contributed by atoms with E-state index in [0.717, 1.165) is 27.3 Å². The summed E-state index contributed by atoms with van der Waals surface area (Å²) in [4.78, 5) is 60.0. The van der Waals surface area contributed by atoms with E-state index in [0.29, 0.717) is 5.57 Å². The zero-order valence-electron chi connectivity index (χ0n) is 21.3. The molecule has 0 radical (unpaired) electrons. The third kappa shape index (κ3) is 5.18. The Labute approximate surface area is 244 Å². The first-order valence-corrected chi connectivity index (χ1v) is 14.1. The number of rotatable bonds is 9. The van der Waals surface area contributed by atoms with Crippen LogP contribution in [0.15, 0.2) is 41.0 Å². The first-order valence-electron chi connectivity index (χ1n) is 11.9. The van der Waals surface area contributed by atoms with Gasteiger partial charge in [0.2, 0.25) is 6.10 Å². The summed E-state index contributed by atoms with van der Waals surface area (Å²) in [6.45, 7) is 1.42. The Morgan fingerprint density at radius 3 is 2.80 bits per heavy atom. The van der Waals surface area contributed by atoms with Crippen LogP contribution in [0, 0.1) is 0 Å². The van der Waals surface area contributed by atoms with Crippen molar-refractivity contribution in [1.82, 2.24) is 25.0 Å². The van der Waals surface area contributed by atoms with Crippen LogP contribution in [0.2, 0.25) is 4.34 Å². The molecule has 0 spiro atoms. The average molecular weight is 622 g/mol. The molecule has 5 rings (SSSR count). The molecule has 2 aliphatic rings. The molecule has 3 aromatic rings. The normalized spacial score (nSPS) is 19.5. The van der Waals surface area contributed by atoms with Gasteiger partial charge in [0, 0.05) is 24.4 Å². The topological polar surface area (TPSA) is 206 Å². The molecule has 3 atom stereocenters. The molecule has 5 N–H and O–H groups in total. The number of fused-ring (bicyclic) bond motifs is 2. The summed E-state index contributed by atoms with van der Waals surface area (Å²) in [5.74, 6) is -3.90. The highest BCUT2D eigenvalue weighted by Gasteiger charge is 2.55.